The number of halogens is 1. The lowest BCUT2D eigenvalue weighted by Crippen LogP contribution is -2.50. The molecular weight excluding hydrogens is 307 g/mol. The fourth-order valence-electron chi connectivity index (χ4n) is 3.82. The summed E-state index contributed by atoms with van der Waals surface area (Å²) in [5.74, 6) is 1.09. The number of aromatic nitrogens is 1. The standard InChI is InChI=1S/C19H21FN2O2/c1-12-7-8-21-19(17(12)20)22-9-10-24-18-15-5-4-14(23-2)11-13(15)3-6-16(18)22/h4-5,7-8,11,16,18H,3,6,9-10H2,1-2H3. The molecule has 24 heavy (non-hydrogen) atoms. The van der Waals surface area contributed by atoms with Crippen LogP contribution < -0.4 is 9.64 Å². The largest absolute Gasteiger partial charge is 0.497 e. The van der Waals surface area contributed by atoms with Crippen molar-refractivity contribution in [3.8, 4) is 5.75 Å². The average Bonchev–Trinajstić information content (AvgIpc) is 2.63. The number of nitrogens with zero attached hydrogens (tertiary/aromatic N) is 2. The summed E-state index contributed by atoms with van der Waals surface area (Å²) >= 11 is 0. The first kappa shape index (κ1) is 15.4. The Morgan fingerprint density at radius 1 is 1.33 bits per heavy atom. The van der Waals surface area contributed by atoms with E-state index in [-0.39, 0.29) is 18.0 Å². The van der Waals surface area contributed by atoms with Crippen molar-refractivity contribution >= 4 is 5.82 Å². The zero-order valence-electron chi connectivity index (χ0n) is 14.0. The summed E-state index contributed by atoms with van der Waals surface area (Å²) in [7, 11) is 1.68. The van der Waals surface area contributed by atoms with Crippen LogP contribution in [-0.4, -0.2) is 31.3 Å². The number of pyridine rings is 1. The highest BCUT2D eigenvalue weighted by molar-refractivity contribution is 5.48. The van der Waals surface area contributed by atoms with Gasteiger partial charge < -0.3 is 14.4 Å². The van der Waals surface area contributed by atoms with Gasteiger partial charge in [-0.2, -0.15) is 0 Å². The van der Waals surface area contributed by atoms with Crippen LogP contribution in [-0.2, 0) is 11.2 Å². The normalized spacial score (nSPS) is 22.7. The lowest BCUT2D eigenvalue weighted by atomic mass is 9.84. The first-order valence-electron chi connectivity index (χ1n) is 8.35. The Hall–Kier alpha value is -2.14. The predicted octanol–water partition coefficient (Wildman–Crippen LogP) is 3.43. The van der Waals surface area contributed by atoms with Crippen LogP contribution in [0.25, 0.3) is 0 Å². The monoisotopic (exact) mass is 328 g/mol. The van der Waals surface area contributed by atoms with Crippen molar-refractivity contribution in [2.45, 2.75) is 31.9 Å². The summed E-state index contributed by atoms with van der Waals surface area (Å²) in [6.45, 7) is 3.02. The molecule has 5 heteroatoms. The van der Waals surface area contributed by atoms with E-state index in [0.717, 1.165) is 18.6 Å². The molecule has 4 nitrogen and oxygen atoms in total. The molecule has 1 aliphatic carbocycles. The summed E-state index contributed by atoms with van der Waals surface area (Å²) < 4.78 is 26.0. The topological polar surface area (TPSA) is 34.6 Å². The molecule has 0 spiro atoms. The van der Waals surface area contributed by atoms with Crippen molar-refractivity contribution in [2.75, 3.05) is 25.2 Å². The number of rotatable bonds is 2. The van der Waals surface area contributed by atoms with Crippen LogP contribution in [0, 0.1) is 12.7 Å². The fourth-order valence-corrected chi connectivity index (χ4v) is 3.82. The number of anilines is 1. The molecule has 0 amide bonds. The van der Waals surface area contributed by atoms with Crippen LogP contribution >= 0.6 is 0 Å². The minimum atomic E-state index is -0.223. The molecule has 1 saturated heterocycles. The van der Waals surface area contributed by atoms with E-state index in [1.165, 1.54) is 11.1 Å². The number of fused-ring (bicyclic) bond motifs is 3. The molecule has 126 valence electrons. The Morgan fingerprint density at radius 2 is 2.21 bits per heavy atom. The van der Waals surface area contributed by atoms with Crippen LogP contribution in [0.3, 0.4) is 0 Å². The van der Waals surface area contributed by atoms with E-state index < -0.39 is 0 Å². The number of hydrogen-bond acceptors (Lipinski definition) is 4. The van der Waals surface area contributed by atoms with Gasteiger partial charge in [-0.25, -0.2) is 9.37 Å². The highest BCUT2D eigenvalue weighted by atomic mass is 19.1. The number of aryl methyl sites for hydroxylation is 2. The zero-order chi connectivity index (χ0) is 16.7. The SMILES string of the molecule is COc1ccc2c(c1)CCC1C2OCCN1c1nccc(C)c1F. The van der Waals surface area contributed by atoms with Crippen molar-refractivity contribution in [2.24, 2.45) is 0 Å². The second kappa shape index (κ2) is 6.06. The van der Waals surface area contributed by atoms with Crippen molar-refractivity contribution in [1.29, 1.82) is 0 Å². The second-order valence-corrected chi connectivity index (χ2v) is 6.42. The molecule has 0 radical (unpaired) electrons. The molecule has 2 atom stereocenters. The Morgan fingerprint density at radius 3 is 3.04 bits per heavy atom. The molecule has 2 heterocycles. The summed E-state index contributed by atoms with van der Waals surface area (Å²) in [6, 6.07) is 7.95. The summed E-state index contributed by atoms with van der Waals surface area (Å²) in [5.41, 5.74) is 3.07. The van der Waals surface area contributed by atoms with Gasteiger partial charge in [-0.1, -0.05) is 6.07 Å². The van der Waals surface area contributed by atoms with Gasteiger partial charge in [0.15, 0.2) is 11.6 Å². The Labute approximate surface area is 141 Å². The molecule has 0 N–H and O–H groups in total. The third-order valence-electron chi connectivity index (χ3n) is 5.08. The van der Waals surface area contributed by atoms with Crippen LogP contribution in [0.2, 0.25) is 0 Å². The Balaban J connectivity index is 1.70. The van der Waals surface area contributed by atoms with E-state index in [0.29, 0.717) is 24.5 Å². The molecule has 1 aromatic heterocycles. The maximum Gasteiger partial charge on any atom is 0.168 e. The van der Waals surface area contributed by atoms with Gasteiger partial charge in [0.1, 0.15) is 11.9 Å². The molecule has 2 unspecified atom stereocenters. The smallest absolute Gasteiger partial charge is 0.168 e. The number of ether oxygens (including phenoxy) is 2. The van der Waals surface area contributed by atoms with E-state index in [2.05, 4.69) is 22.0 Å². The molecule has 0 saturated carbocycles. The van der Waals surface area contributed by atoms with E-state index in [9.17, 15) is 4.39 Å². The molecule has 4 rings (SSSR count). The Kier molecular flexibility index (Phi) is 3.88. The molecule has 0 bridgehead atoms. The van der Waals surface area contributed by atoms with E-state index in [1.807, 2.05) is 6.07 Å². The maximum atomic E-state index is 14.6. The van der Waals surface area contributed by atoms with Gasteiger partial charge in [-0.05, 0) is 54.7 Å². The second-order valence-electron chi connectivity index (χ2n) is 6.42. The third kappa shape index (κ3) is 2.44. The maximum absolute atomic E-state index is 14.6. The highest BCUT2D eigenvalue weighted by Crippen LogP contribution is 2.40. The molecule has 1 fully saturated rings. The van der Waals surface area contributed by atoms with Crippen LogP contribution in [0.15, 0.2) is 30.5 Å². The third-order valence-corrected chi connectivity index (χ3v) is 5.08. The zero-order valence-corrected chi connectivity index (χ0v) is 14.0. The van der Waals surface area contributed by atoms with Gasteiger partial charge in [0.05, 0.1) is 19.8 Å². The number of benzene rings is 1. The first-order valence-corrected chi connectivity index (χ1v) is 8.35. The molecule has 2 aliphatic rings. The van der Waals surface area contributed by atoms with Crippen LogP contribution in [0.4, 0.5) is 10.2 Å². The van der Waals surface area contributed by atoms with Crippen molar-refractivity contribution in [1.82, 2.24) is 4.98 Å². The van der Waals surface area contributed by atoms with Gasteiger partial charge in [-0.15, -0.1) is 0 Å². The highest BCUT2D eigenvalue weighted by Gasteiger charge is 2.39. The van der Waals surface area contributed by atoms with E-state index in [1.54, 1.807) is 26.3 Å². The van der Waals surface area contributed by atoms with Crippen LogP contribution in [0.1, 0.15) is 29.2 Å². The van der Waals surface area contributed by atoms with Gasteiger partial charge in [-0.3, -0.25) is 0 Å². The average molecular weight is 328 g/mol. The van der Waals surface area contributed by atoms with Crippen LogP contribution in [0.5, 0.6) is 5.75 Å². The lowest BCUT2D eigenvalue weighted by molar-refractivity contribution is 0.00208. The number of methoxy groups -OCH3 is 1. The Bertz CT molecular complexity index is 765. The molecular formula is C19H21FN2O2. The van der Waals surface area contributed by atoms with Gasteiger partial charge in [0.25, 0.3) is 0 Å². The van der Waals surface area contributed by atoms with Crippen molar-refractivity contribution in [3.63, 3.8) is 0 Å². The van der Waals surface area contributed by atoms with Crippen molar-refractivity contribution < 1.29 is 13.9 Å². The summed E-state index contributed by atoms with van der Waals surface area (Å²) in [5, 5.41) is 0. The molecule has 1 aromatic carbocycles. The van der Waals surface area contributed by atoms with E-state index >= 15 is 0 Å². The van der Waals surface area contributed by atoms with Crippen molar-refractivity contribution in [3.05, 3.63) is 53.0 Å². The fraction of sp³-hybridized carbons (Fsp3) is 0.421. The number of morpholine rings is 1. The van der Waals surface area contributed by atoms with Gasteiger partial charge >= 0.3 is 0 Å². The van der Waals surface area contributed by atoms with Gasteiger partial charge in [0, 0.05) is 12.7 Å². The summed E-state index contributed by atoms with van der Waals surface area (Å²) in [6.07, 6.45) is 3.48. The predicted molar refractivity (Wildman–Crippen MR) is 90.1 cm³/mol. The van der Waals surface area contributed by atoms with Gasteiger partial charge in [0.2, 0.25) is 0 Å². The molecule has 1 aliphatic heterocycles. The molecule has 2 aromatic rings. The lowest BCUT2D eigenvalue weighted by Gasteiger charge is -2.45. The number of hydrogen-bond donors (Lipinski definition) is 0. The minimum Gasteiger partial charge on any atom is -0.497 e. The first-order chi connectivity index (χ1) is 11.7. The minimum absolute atomic E-state index is 0.0462. The quantitative estimate of drug-likeness (QED) is 0.846. The van der Waals surface area contributed by atoms with E-state index in [4.69, 9.17) is 9.47 Å². The summed E-state index contributed by atoms with van der Waals surface area (Å²) in [4.78, 5) is 6.40.